The third-order valence-electron chi connectivity index (χ3n) is 10.3. The van der Waals surface area contributed by atoms with Gasteiger partial charge in [0.2, 0.25) is 23.6 Å². The number of ether oxygens (including phenoxy) is 2. The zero-order valence-electron chi connectivity index (χ0n) is 35.5. The fraction of sp³-hybridized carbons (Fsp3) is 0.326. The number of halogens is 1. The maximum atomic E-state index is 14.7. The molecule has 0 radical (unpaired) electrons. The van der Waals surface area contributed by atoms with E-state index in [1.165, 1.54) is 24.9 Å². The van der Waals surface area contributed by atoms with E-state index in [1.807, 2.05) is 12.1 Å². The zero-order valence-corrected chi connectivity index (χ0v) is 36.2. The minimum atomic E-state index is -1.43. The highest BCUT2D eigenvalue weighted by Crippen LogP contribution is 2.40. The highest BCUT2D eigenvalue weighted by molar-refractivity contribution is 6.30. The van der Waals surface area contributed by atoms with E-state index in [0.29, 0.717) is 41.1 Å². The van der Waals surface area contributed by atoms with Crippen molar-refractivity contribution in [1.82, 2.24) is 26.2 Å². The van der Waals surface area contributed by atoms with Gasteiger partial charge >= 0.3 is 5.97 Å². The molecule has 0 spiro atoms. The number of unbranched alkanes of at least 4 members (excludes halogenated alkanes) is 1. The number of likely N-dealkylation sites (N-methyl/N-ethyl adjacent to an activating group) is 1. The summed E-state index contributed by atoms with van der Waals surface area (Å²) in [6.07, 6.45) is 1.09. The summed E-state index contributed by atoms with van der Waals surface area (Å²) in [6, 6.07) is 19.7. The largest absolute Gasteiger partial charge is 0.492 e. The van der Waals surface area contributed by atoms with Gasteiger partial charge in [-0.15, -0.1) is 0 Å². The Balaban J connectivity index is 1.57. The van der Waals surface area contributed by atoms with Crippen LogP contribution in [0.15, 0.2) is 84.9 Å². The van der Waals surface area contributed by atoms with Crippen LogP contribution in [-0.2, 0) is 35.2 Å². The molecule has 0 aliphatic carbocycles. The van der Waals surface area contributed by atoms with Crippen LogP contribution < -0.4 is 42.2 Å². The molecule has 1 heterocycles. The third-order valence-corrected chi connectivity index (χ3v) is 10.5. The van der Waals surface area contributed by atoms with Crippen molar-refractivity contribution in [3.8, 4) is 33.8 Å². The highest BCUT2D eigenvalue weighted by atomic mass is 35.5. The van der Waals surface area contributed by atoms with E-state index in [9.17, 15) is 38.7 Å². The van der Waals surface area contributed by atoms with Crippen molar-refractivity contribution in [2.75, 3.05) is 46.4 Å². The number of carboxylic acids is 1. The van der Waals surface area contributed by atoms with Gasteiger partial charge < -0.3 is 52.2 Å². The van der Waals surface area contributed by atoms with E-state index in [-0.39, 0.29) is 60.9 Å². The number of fused-ring (bicyclic) bond motifs is 5. The number of hydrogen-bond acceptors (Lipinski definition) is 11. The molecule has 5 amide bonds. The number of nitrogens with zero attached hydrogens (tertiary/aromatic N) is 1. The number of carbonyl (C=O) groups excluding carboxylic acids is 6. The van der Waals surface area contributed by atoms with E-state index in [0.717, 1.165) is 11.1 Å². The van der Waals surface area contributed by atoms with Crippen LogP contribution in [0.2, 0.25) is 5.02 Å². The zero-order chi connectivity index (χ0) is 46.3. The molecular formula is C46H52ClN7O10. The molecule has 17 nitrogen and oxygen atoms in total. The number of nitrogens with one attached hydrogen (secondary N) is 4. The summed E-state index contributed by atoms with van der Waals surface area (Å²) < 4.78 is 11.7. The molecule has 0 fully saturated rings. The van der Waals surface area contributed by atoms with Gasteiger partial charge in [0, 0.05) is 41.7 Å². The van der Waals surface area contributed by atoms with Gasteiger partial charge in [-0.25, -0.2) is 4.79 Å². The van der Waals surface area contributed by atoms with E-state index < -0.39 is 66.8 Å². The van der Waals surface area contributed by atoms with Crippen molar-refractivity contribution in [3.05, 3.63) is 107 Å². The molecule has 3 unspecified atom stereocenters. The molecular weight excluding hydrogens is 846 g/mol. The van der Waals surface area contributed by atoms with Gasteiger partial charge in [-0.2, -0.15) is 0 Å². The lowest BCUT2D eigenvalue weighted by molar-refractivity contribution is -0.141. The third kappa shape index (κ3) is 13.1. The van der Waals surface area contributed by atoms with Gasteiger partial charge in [0.25, 0.3) is 5.91 Å². The number of carboxylic acid groups (broad SMARTS) is 1. The minimum absolute atomic E-state index is 0.0676. The maximum absolute atomic E-state index is 14.7. The molecule has 1 aliphatic heterocycles. The molecule has 338 valence electrons. The topological polar surface area (TPSA) is 262 Å². The Morgan fingerprint density at radius 3 is 2.19 bits per heavy atom. The molecule has 9 N–H and O–H groups in total. The highest BCUT2D eigenvalue weighted by Gasteiger charge is 2.35. The van der Waals surface area contributed by atoms with Crippen LogP contribution in [-0.4, -0.2) is 110 Å². The first-order valence-corrected chi connectivity index (χ1v) is 21.0. The summed E-state index contributed by atoms with van der Waals surface area (Å²) >= 11 is 6.05. The van der Waals surface area contributed by atoms with Crippen LogP contribution in [0.5, 0.6) is 11.5 Å². The minimum Gasteiger partial charge on any atom is -0.492 e. The lowest BCUT2D eigenvalue weighted by Gasteiger charge is -2.32. The number of benzene rings is 4. The fourth-order valence-electron chi connectivity index (χ4n) is 7.06. The quantitative estimate of drug-likeness (QED) is 0.0712. The second kappa shape index (κ2) is 23.0. The van der Waals surface area contributed by atoms with Gasteiger partial charge in [-0.05, 0) is 104 Å². The molecule has 0 saturated carbocycles. The number of hydrogen-bond donors (Lipinski definition) is 7. The molecule has 3 atom stereocenters. The molecule has 64 heavy (non-hydrogen) atoms. The number of carbonyl (C=O) groups is 7. The van der Waals surface area contributed by atoms with Gasteiger partial charge in [0.1, 0.15) is 42.0 Å². The summed E-state index contributed by atoms with van der Waals surface area (Å²) in [5.74, 6) is -4.58. The van der Waals surface area contributed by atoms with Crippen LogP contribution in [0.3, 0.4) is 0 Å². The number of aliphatic carboxylic acids is 1. The number of amides is 5. The normalized spacial score (nSPS) is 15.3. The van der Waals surface area contributed by atoms with Crippen LogP contribution in [0, 0.1) is 0 Å². The van der Waals surface area contributed by atoms with Crippen molar-refractivity contribution in [2.45, 2.75) is 50.7 Å². The molecule has 5 rings (SSSR count). The second-order valence-electron chi connectivity index (χ2n) is 15.1. The number of nitrogens with two attached hydrogens (primary N) is 2. The Kier molecular flexibility index (Phi) is 17.4. The van der Waals surface area contributed by atoms with Crippen molar-refractivity contribution >= 4 is 52.9 Å². The number of ketones is 1. The first kappa shape index (κ1) is 48.2. The second-order valence-corrected chi connectivity index (χ2v) is 15.6. The maximum Gasteiger partial charge on any atom is 0.341 e. The van der Waals surface area contributed by atoms with Crippen LogP contribution >= 0.6 is 11.6 Å². The van der Waals surface area contributed by atoms with Crippen molar-refractivity contribution in [2.24, 2.45) is 11.5 Å². The summed E-state index contributed by atoms with van der Waals surface area (Å²) in [5, 5.41) is 20.7. The molecule has 4 aromatic rings. The Morgan fingerprint density at radius 1 is 0.875 bits per heavy atom. The summed E-state index contributed by atoms with van der Waals surface area (Å²) in [7, 11) is 1.40. The Hall–Kier alpha value is -6.82. The van der Waals surface area contributed by atoms with Crippen LogP contribution in [0.1, 0.15) is 53.7 Å². The van der Waals surface area contributed by atoms with E-state index >= 15 is 0 Å². The summed E-state index contributed by atoms with van der Waals surface area (Å²) in [6.45, 7) is 0.209. The molecule has 18 heteroatoms. The van der Waals surface area contributed by atoms with Crippen LogP contribution in [0.4, 0.5) is 0 Å². The SMILES string of the molecule is CC(=O)CNC(=O)C1Cc2ccc(OCC(=O)O)c(c2)-c2cc(ccc2OCCN)C(N(C)C(=O)C(CCCCN)NC(=O)c2ccc(-c3ccc(Cl)cc3)cc2)C(=O)NCC(=O)N1. The molecule has 4 aromatic carbocycles. The van der Waals surface area contributed by atoms with Crippen LogP contribution in [0.25, 0.3) is 22.3 Å². The monoisotopic (exact) mass is 897 g/mol. The molecule has 0 saturated heterocycles. The fourth-order valence-corrected chi connectivity index (χ4v) is 7.19. The summed E-state index contributed by atoms with van der Waals surface area (Å²) in [4.78, 5) is 94.2. The number of Topliss-reactive ketones (excluding diaryl/α,β-unsaturated/α-hetero) is 1. The molecule has 1 aliphatic rings. The smallest absolute Gasteiger partial charge is 0.341 e. The van der Waals surface area contributed by atoms with Gasteiger partial charge in [0.05, 0.1) is 13.1 Å². The first-order valence-electron chi connectivity index (χ1n) is 20.6. The predicted octanol–water partition coefficient (Wildman–Crippen LogP) is 2.76. The lowest BCUT2D eigenvalue weighted by atomic mass is 9.93. The molecule has 0 aromatic heterocycles. The van der Waals surface area contributed by atoms with E-state index in [4.69, 9.17) is 32.5 Å². The van der Waals surface area contributed by atoms with Crippen molar-refractivity contribution in [1.29, 1.82) is 0 Å². The Labute approximate surface area is 375 Å². The standard InChI is InChI=1S/C46H52ClN7O10/c1-27(55)24-50-44(60)37-22-28-6-16-39(64-26-41(57)58)34(21-28)35-23-32(13-17-38(35)63-20-19-49)42(45(61)51-25-40(56)52-37)54(2)46(62)36(5-3-4-18-48)53-43(59)31-9-7-29(8-10-31)30-11-14-33(47)15-12-30/h6-17,21,23,36-37,42H,3-5,18-20,22,24-26,48-49H2,1-2H3,(H,50,60)(H,51,61)(H,52,56)(H,53,59)(H,57,58). The molecule has 4 bridgehead atoms. The van der Waals surface area contributed by atoms with Gasteiger partial charge in [-0.1, -0.05) is 48.0 Å². The average molecular weight is 898 g/mol. The first-order chi connectivity index (χ1) is 30.7. The van der Waals surface area contributed by atoms with Crippen molar-refractivity contribution < 1.29 is 48.1 Å². The Bertz CT molecular complexity index is 2340. The average Bonchev–Trinajstić information content (AvgIpc) is 3.28. The van der Waals surface area contributed by atoms with E-state index in [1.54, 1.807) is 66.7 Å². The number of rotatable bonds is 18. The Morgan fingerprint density at radius 2 is 1.53 bits per heavy atom. The van der Waals surface area contributed by atoms with Gasteiger partial charge in [0.15, 0.2) is 6.61 Å². The van der Waals surface area contributed by atoms with E-state index in [2.05, 4.69) is 21.3 Å². The van der Waals surface area contributed by atoms with Gasteiger partial charge in [-0.3, -0.25) is 28.8 Å². The predicted molar refractivity (Wildman–Crippen MR) is 238 cm³/mol. The summed E-state index contributed by atoms with van der Waals surface area (Å²) in [5.41, 5.74) is 15.0. The lowest BCUT2D eigenvalue weighted by Crippen LogP contribution is -2.53. The van der Waals surface area contributed by atoms with Crippen molar-refractivity contribution in [3.63, 3.8) is 0 Å².